The van der Waals surface area contributed by atoms with Crippen LogP contribution in [0.3, 0.4) is 0 Å². The molecule has 0 unspecified atom stereocenters. The van der Waals surface area contributed by atoms with Crippen LogP contribution < -0.4 is 19.9 Å². The monoisotopic (exact) mass is 547 g/mol. The molecule has 0 aromatic heterocycles. The first-order valence-corrected chi connectivity index (χ1v) is 14.2. The predicted molar refractivity (Wildman–Crippen MR) is 138 cm³/mol. The van der Waals surface area contributed by atoms with Gasteiger partial charge in [0.25, 0.3) is 0 Å². The zero-order valence-corrected chi connectivity index (χ0v) is 22.1. The SMILES string of the molecule is COc1ccc(S(=O)(=O)N(CCc2ccccc2)CC(=O)NCc2ccc(S(N)(=O)=O)cc2)cc1OC. The topological polar surface area (TPSA) is 145 Å². The molecule has 3 aromatic carbocycles. The molecule has 3 rings (SSSR count). The Balaban J connectivity index is 1.78. The Bertz CT molecular complexity index is 1430. The van der Waals surface area contributed by atoms with Crippen LogP contribution in [0.25, 0.3) is 0 Å². The summed E-state index contributed by atoms with van der Waals surface area (Å²) in [6.07, 6.45) is 0.398. The zero-order valence-electron chi connectivity index (χ0n) is 20.5. The first kappa shape index (κ1) is 28.1. The molecule has 0 radical (unpaired) electrons. The third-order valence-corrected chi connectivity index (χ3v) is 8.32. The first-order valence-electron chi connectivity index (χ1n) is 11.2. The molecule has 3 N–H and O–H groups in total. The highest BCUT2D eigenvalue weighted by Crippen LogP contribution is 2.30. The third-order valence-electron chi connectivity index (χ3n) is 5.55. The number of hydrogen-bond acceptors (Lipinski definition) is 7. The standard InChI is InChI=1S/C25H29N3O7S2/c1-34-23-13-12-22(16-24(23)35-2)37(32,33)28(15-14-19-6-4-3-5-7-19)18-25(29)27-17-20-8-10-21(11-9-20)36(26,30)31/h3-13,16H,14-15,17-18H2,1-2H3,(H,27,29)(H2,26,30,31). The molecule has 0 saturated heterocycles. The molecule has 0 fully saturated rings. The van der Waals surface area contributed by atoms with Crippen molar-refractivity contribution in [3.63, 3.8) is 0 Å². The lowest BCUT2D eigenvalue weighted by atomic mass is 10.1. The quantitative estimate of drug-likeness (QED) is 0.352. The van der Waals surface area contributed by atoms with Gasteiger partial charge in [-0.3, -0.25) is 4.79 Å². The van der Waals surface area contributed by atoms with E-state index in [9.17, 15) is 21.6 Å². The minimum absolute atomic E-state index is 0.0374. The Morgan fingerprint density at radius 3 is 2.05 bits per heavy atom. The van der Waals surface area contributed by atoms with Crippen LogP contribution in [0.4, 0.5) is 0 Å². The second-order valence-electron chi connectivity index (χ2n) is 8.06. The van der Waals surface area contributed by atoms with Gasteiger partial charge in [-0.1, -0.05) is 42.5 Å². The fourth-order valence-electron chi connectivity index (χ4n) is 3.52. The predicted octanol–water partition coefficient (Wildman–Crippen LogP) is 1.90. The number of rotatable bonds is 12. The van der Waals surface area contributed by atoms with Crippen LogP contribution in [0.5, 0.6) is 11.5 Å². The fourth-order valence-corrected chi connectivity index (χ4v) is 5.45. The molecule has 0 saturated carbocycles. The molecule has 12 heteroatoms. The molecule has 0 spiro atoms. The highest BCUT2D eigenvalue weighted by Gasteiger charge is 2.27. The molecule has 198 valence electrons. The number of nitrogens with zero attached hydrogens (tertiary/aromatic N) is 1. The maximum absolute atomic E-state index is 13.5. The van der Waals surface area contributed by atoms with Crippen molar-refractivity contribution in [1.29, 1.82) is 0 Å². The van der Waals surface area contributed by atoms with Gasteiger partial charge in [0.15, 0.2) is 11.5 Å². The Hall–Kier alpha value is -3.45. The van der Waals surface area contributed by atoms with E-state index in [-0.39, 0.29) is 28.6 Å². The van der Waals surface area contributed by atoms with E-state index >= 15 is 0 Å². The Morgan fingerprint density at radius 1 is 0.838 bits per heavy atom. The van der Waals surface area contributed by atoms with Crippen molar-refractivity contribution >= 4 is 26.0 Å². The number of ether oxygens (including phenoxy) is 2. The van der Waals surface area contributed by atoms with E-state index < -0.39 is 32.5 Å². The smallest absolute Gasteiger partial charge is 0.243 e. The molecule has 0 bridgehead atoms. The summed E-state index contributed by atoms with van der Waals surface area (Å²) in [6.45, 7) is -0.275. The molecule has 37 heavy (non-hydrogen) atoms. The van der Waals surface area contributed by atoms with Crippen molar-refractivity contribution in [2.45, 2.75) is 22.8 Å². The summed E-state index contributed by atoms with van der Waals surface area (Å²) in [6, 6.07) is 19.3. The maximum Gasteiger partial charge on any atom is 0.243 e. The van der Waals surface area contributed by atoms with Crippen LogP contribution in [0.1, 0.15) is 11.1 Å². The average molecular weight is 548 g/mol. The largest absolute Gasteiger partial charge is 0.493 e. The molecule has 0 atom stereocenters. The summed E-state index contributed by atoms with van der Waals surface area (Å²) in [5, 5.41) is 7.78. The summed E-state index contributed by atoms with van der Waals surface area (Å²) in [7, 11) is -5.04. The van der Waals surface area contributed by atoms with E-state index in [1.807, 2.05) is 30.3 Å². The van der Waals surface area contributed by atoms with Crippen LogP contribution in [0.2, 0.25) is 0 Å². The molecule has 0 aliphatic rings. The van der Waals surface area contributed by atoms with Crippen molar-refractivity contribution in [2.75, 3.05) is 27.3 Å². The van der Waals surface area contributed by atoms with Gasteiger partial charge in [0.1, 0.15) is 0 Å². The minimum Gasteiger partial charge on any atom is -0.493 e. The van der Waals surface area contributed by atoms with E-state index in [4.69, 9.17) is 14.6 Å². The van der Waals surface area contributed by atoms with Crippen molar-refractivity contribution in [1.82, 2.24) is 9.62 Å². The van der Waals surface area contributed by atoms with Crippen LogP contribution in [0, 0.1) is 0 Å². The summed E-state index contributed by atoms with van der Waals surface area (Å²) in [5.74, 6) is 0.107. The lowest BCUT2D eigenvalue weighted by Crippen LogP contribution is -2.41. The van der Waals surface area contributed by atoms with Gasteiger partial charge < -0.3 is 14.8 Å². The number of carbonyl (C=O) groups excluding carboxylic acids is 1. The van der Waals surface area contributed by atoms with Gasteiger partial charge in [-0.05, 0) is 41.8 Å². The number of primary sulfonamides is 1. The maximum atomic E-state index is 13.5. The highest BCUT2D eigenvalue weighted by molar-refractivity contribution is 7.89. The second kappa shape index (κ2) is 12.2. The van der Waals surface area contributed by atoms with E-state index in [0.717, 1.165) is 9.87 Å². The summed E-state index contributed by atoms with van der Waals surface area (Å²) >= 11 is 0. The molecular weight excluding hydrogens is 518 g/mol. The average Bonchev–Trinajstić information content (AvgIpc) is 2.89. The van der Waals surface area contributed by atoms with Gasteiger partial charge in [-0.15, -0.1) is 0 Å². The Morgan fingerprint density at radius 2 is 1.46 bits per heavy atom. The van der Waals surface area contributed by atoms with E-state index in [1.165, 1.54) is 56.7 Å². The van der Waals surface area contributed by atoms with Crippen LogP contribution >= 0.6 is 0 Å². The number of carbonyl (C=O) groups is 1. The Labute approximate surface area is 217 Å². The van der Waals surface area contributed by atoms with Gasteiger partial charge >= 0.3 is 0 Å². The zero-order chi connectivity index (χ0) is 27.1. The third kappa shape index (κ3) is 7.52. The van der Waals surface area contributed by atoms with E-state index in [0.29, 0.717) is 17.7 Å². The number of sulfonamides is 2. The highest BCUT2D eigenvalue weighted by atomic mass is 32.2. The van der Waals surface area contributed by atoms with Gasteiger partial charge in [-0.2, -0.15) is 4.31 Å². The molecule has 1 amide bonds. The lowest BCUT2D eigenvalue weighted by Gasteiger charge is -2.22. The number of nitrogens with one attached hydrogen (secondary N) is 1. The molecule has 3 aromatic rings. The van der Waals surface area contributed by atoms with E-state index in [1.54, 1.807) is 0 Å². The summed E-state index contributed by atoms with van der Waals surface area (Å²) in [4.78, 5) is 12.7. The molecule has 10 nitrogen and oxygen atoms in total. The van der Waals surface area contributed by atoms with Gasteiger partial charge in [0.05, 0.1) is 30.6 Å². The molecule has 0 heterocycles. The number of hydrogen-bond donors (Lipinski definition) is 2. The molecular formula is C25H29N3O7S2. The van der Waals surface area contributed by atoms with Crippen molar-refractivity contribution < 1.29 is 31.1 Å². The van der Waals surface area contributed by atoms with Crippen molar-refractivity contribution in [2.24, 2.45) is 5.14 Å². The van der Waals surface area contributed by atoms with Crippen LogP contribution in [-0.4, -0.2) is 54.4 Å². The van der Waals surface area contributed by atoms with Gasteiger partial charge in [-0.25, -0.2) is 22.0 Å². The molecule has 0 aliphatic heterocycles. The number of amides is 1. The summed E-state index contributed by atoms with van der Waals surface area (Å²) in [5.41, 5.74) is 1.55. The molecule has 0 aliphatic carbocycles. The Kier molecular flexibility index (Phi) is 9.27. The van der Waals surface area contributed by atoms with Gasteiger partial charge in [0.2, 0.25) is 26.0 Å². The van der Waals surface area contributed by atoms with Crippen molar-refractivity contribution in [3.8, 4) is 11.5 Å². The first-order chi connectivity index (χ1) is 17.5. The minimum atomic E-state index is -4.07. The number of nitrogens with two attached hydrogens (primary N) is 1. The normalized spacial score (nSPS) is 11.8. The van der Waals surface area contributed by atoms with Crippen LogP contribution in [0.15, 0.2) is 82.6 Å². The second-order valence-corrected chi connectivity index (χ2v) is 11.6. The fraction of sp³-hybridized carbons (Fsp3) is 0.240. The lowest BCUT2D eigenvalue weighted by molar-refractivity contribution is -0.121. The van der Waals surface area contributed by atoms with Crippen molar-refractivity contribution in [3.05, 3.63) is 83.9 Å². The number of methoxy groups -OCH3 is 2. The van der Waals surface area contributed by atoms with Crippen LogP contribution in [-0.2, 0) is 37.8 Å². The van der Waals surface area contributed by atoms with E-state index in [2.05, 4.69) is 5.32 Å². The number of benzene rings is 3. The van der Waals surface area contributed by atoms with Gasteiger partial charge in [0, 0.05) is 19.2 Å². The summed E-state index contributed by atoms with van der Waals surface area (Å²) < 4.78 is 61.5.